The lowest BCUT2D eigenvalue weighted by Crippen LogP contribution is -2.45. The van der Waals surface area contributed by atoms with Crippen molar-refractivity contribution in [3.05, 3.63) is 94.4 Å². The highest BCUT2D eigenvalue weighted by Crippen LogP contribution is 2.35. The molecule has 1 aromatic heterocycles. The van der Waals surface area contributed by atoms with Crippen LogP contribution in [-0.4, -0.2) is 42.9 Å². The number of hydrogen-bond donors (Lipinski definition) is 1. The van der Waals surface area contributed by atoms with Crippen LogP contribution in [0.15, 0.2) is 71.5 Å². The number of carbonyl (C=O) groups is 2. The second kappa shape index (κ2) is 9.78. The molecule has 184 valence electrons. The minimum Gasteiger partial charge on any atom is -0.478 e. The Morgan fingerprint density at radius 2 is 1.64 bits per heavy atom. The number of carboxylic acid groups (broad SMARTS) is 1. The number of amides is 1. The lowest BCUT2D eigenvalue weighted by molar-refractivity contribution is 0.0696. The number of carbonyl (C=O) groups excluding carboxylic acids is 1. The normalized spacial score (nSPS) is 10.9. The summed E-state index contributed by atoms with van der Waals surface area (Å²) in [5.74, 6) is -2.88. The second-order valence-electron chi connectivity index (χ2n) is 7.80. The van der Waals surface area contributed by atoms with Gasteiger partial charge in [-0.1, -0.05) is 24.3 Å². The SMILES string of the molecule is CC(C)N(C(=O)n1nnn(-c2c(F)cccc2F)c1=O)c1cc(C(=O)O)ccc1Oc1ccccc1. The molecule has 3 aromatic carbocycles. The van der Waals surface area contributed by atoms with Gasteiger partial charge in [0.1, 0.15) is 11.4 Å². The lowest BCUT2D eigenvalue weighted by atomic mass is 10.1. The van der Waals surface area contributed by atoms with Crippen molar-refractivity contribution in [2.75, 3.05) is 4.90 Å². The van der Waals surface area contributed by atoms with Gasteiger partial charge in [0, 0.05) is 6.04 Å². The molecule has 36 heavy (non-hydrogen) atoms. The van der Waals surface area contributed by atoms with E-state index in [1.165, 1.54) is 18.2 Å². The molecule has 1 amide bonds. The Kier molecular flexibility index (Phi) is 6.59. The molecule has 12 heteroatoms. The number of ether oxygens (including phenoxy) is 1. The van der Waals surface area contributed by atoms with Crippen LogP contribution in [0.2, 0.25) is 0 Å². The van der Waals surface area contributed by atoms with Crippen LogP contribution in [0.1, 0.15) is 24.2 Å². The van der Waals surface area contributed by atoms with Crippen molar-refractivity contribution in [1.29, 1.82) is 0 Å². The summed E-state index contributed by atoms with van der Waals surface area (Å²) in [5.41, 5.74) is -2.14. The standard InChI is InChI=1S/C24H19F2N5O5/c1-14(2)29(19-13-15(22(32)33)11-12-20(19)36-16-7-4-3-5-8-16)23(34)31-24(35)30(27-28-31)21-17(25)9-6-10-18(21)26/h3-14H,1-2H3,(H,32,33). The molecule has 0 saturated heterocycles. The Hall–Kier alpha value is -4.87. The van der Waals surface area contributed by atoms with E-state index in [-0.39, 0.29) is 17.0 Å². The largest absolute Gasteiger partial charge is 0.478 e. The van der Waals surface area contributed by atoms with Crippen LogP contribution in [0.4, 0.5) is 19.3 Å². The Morgan fingerprint density at radius 3 is 2.25 bits per heavy atom. The summed E-state index contributed by atoms with van der Waals surface area (Å²) in [4.78, 5) is 39.1. The molecule has 0 radical (unpaired) electrons. The van der Waals surface area contributed by atoms with E-state index < -0.39 is 41.1 Å². The van der Waals surface area contributed by atoms with Crippen molar-refractivity contribution in [2.45, 2.75) is 19.9 Å². The highest BCUT2D eigenvalue weighted by atomic mass is 19.1. The molecule has 0 atom stereocenters. The van der Waals surface area contributed by atoms with E-state index in [0.29, 0.717) is 15.1 Å². The number of anilines is 1. The zero-order valence-corrected chi connectivity index (χ0v) is 19.0. The first-order valence-corrected chi connectivity index (χ1v) is 10.6. The molecule has 0 aliphatic heterocycles. The molecule has 1 heterocycles. The van der Waals surface area contributed by atoms with Crippen LogP contribution in [0.25, 0.3) is 5.69 Å². The molecule has 4 aromatic rings. The molecule has 0 aliphatic rings. The van der Waals surface area contributed by atoms with E-state index in [0.717, 1.165) is 23.1 Å². The Bertz CT molecular complexity index is 1480. The van der Waals surface area contributed by atoms with Crippen molar-refractivity contribution in [2.24, 2.45) is 0 Å². The third kappa shape index (κ3) is 4.56. The van der Waals surface area contributed by atoms with Gasteiger partial charge in [-0.25, -0.2) is 23.2 Å². The smallest absolute Gasteiger partial charge is 0.377 e. The van der Waals surface area contributed by atoms with Gasteiger partial charge in [-0.3, -0.25) is 4.90 Å². The number of aromatic carboxylic acids is 1. The van der Waals surface area contributed by atoms with Crippen molar-refractivity contribution >= 4 is 17.7 Å². The highest BCUT2D eigenvalue weighted by molar-refractivity contribution is 5.97. The van der Waals surface area contributed by atoms with E-state index in [9.17, 15) is 28.3 Å². The number of aromatic nitrogens is 4. The molecule has 0 unspecified atom stereocenters. The average molecular weight is 495 g/mol. The average Bonchev–Trinajstić information content (AvgIpc) is 3.21. The van der Waals surface area contributed by atoms with Gasteiger partial charge in [0.15, 0.2) is 17.4 Å². The second-order valence-corrected chi connectivity index (χ2v) is 7.80. The van der Waals surface area contributed by atoms with E-state index >= 15 is 0 Å². The minimum atomic E-state index is -1.25. The molecule has 10 nitrogen and oxygen atoms in total. The number of benzene rings is 3. The molecule has 4 rings (SSSR count). The number of nitrogens with zero attached hydrogens (tertiary/aromatic N) is 5. The van der Waals surface area contributed by atoms with Gasteiger partial charge >= 0.3 is 17.7 Å². The van der Waals surface area contributed by atoms with Crippen molar-refractivity contribution in [3.63, 3.8) is 0 Å². The van der Waals surface area contributed by atoms with Gasteiger partial charge in [0.25, 0.3) is 0 Å². The summed E-state index contributed by atoms with van der Waals surface area (Å²) in [6.45, 7) is 3.23. The number of halogens is 2. The maximum absolute atomic E-state index is 14.2. The van der Waals surface area contributed by atoms with Gasteiger partial charge in [-0.15, -0.1) is 4.68 Å². The zero-order chi connectivity index (χ0) is 26.0. The molecule has 0 saturated carbocycles. The number of tetrazole rings is 1. The number of carboxylic acids is 1. The topological polar surface area (TPSA) is 120 Å². The van der Waals surface area contributed by atoms with Crippen molar-refractivity contribution in [3.8, 4) is 17.2 Å². The first-order chi connectivity index (χ1) is 17.2. The first-order valence-electron chi connectivity index (χ1n) is 10.6. The fourth-order valence-electron chi connectivity index (χ4n) is 3.44. The number of rotatable bonds is 6. The van der Waals surface area contributed by atoms with E-state index in [1.807, 2.05) is 0 Å². The number of para-hydroxylation sites is 2. The molecule has 1 N–H and O–H groups in total. The molecular weight excluding hydrogens is 476 g/mol. The summed E-state index contributed by atoms with van der Waals surface area (Å²) in [7, 11) is 0. The summed E-state index contributed by atoms with van der Waals surface area (Å²) in [6.07, 6.45) is 0. The van der Waals surface area contributed by atoms with Crippen LogP contribution in [0, 0.1) is 11.6 Å². The van der Waals surface area contributed by atoms with Crippen LogP contribution in [-0.2, 0) is 0 Å². The lowest BCUT2D eigenvalue weighted by Gasteiger charge is -2.27. The van der Waals surface area contributed by atoms with Crippen molar-refractivity contribution in [1.82, 2.24) is 19.8 Å². The first kappa shape index (κ1) is 24.3. The molecule has 0 bridgehead atoms. The molecule has 0 spiro atoms. The summed E-state index contributed by atoms with van der Waals surface area (Å²) in [6, 6.07) is 13.7. The van der Waals surface area contributed by atoms with Gasteiger partial charge in [-0.05, 0) is 66.7 Å². The van der Waals surface area contributed by atoms with Gasteiger partial charge in [0.05, 0.1) is 11.3 Å². The predicted molar refractivity (Wildman–Crippen MR) is 124 cm³/mol. The van der Waals surface area contributed by atoms with Gasteiger partial charge in [0.2, 0.25) is 0 Å². The minimum absolute atomic E-state index is 0.0253. The highest BCUT2D eigenvalue weighted by Gasteiger charge is 2.29. The Morgan fingerprint density at radius 1 is 0.972 bits per heavy atom. The maximum Gasteiger partial charge on any atom is 0.377 e. The Labute approximate surface area is 202 Å². The maximum atomic E-state index is 14.2. The molecular formula is C24H19F2N5O5. The van der Waals surface area contributed by atoms with Gasteiger partial charge < -0.3 is 9.84 Å². The summed E-state index contributed by atoms with van der Waals surface area (Å²) < 4.78 is 35.0. The summed E-state index contributed by atoms with van der Waals surface area (Å²) in [5, 5.41) is 16.5. The van der Waals surface area contributed by atoms with E-state index in [2.05, 4.69) is 10.4 Å². The number of hydrogen-bond acceptors (Lipinski definition) is 6. The third-order valence-electron chi connectivity index (χ3n) is 5.07. The third-order valence-corrected chi connectivity index (χ3v) is 5.07. The predicted octanol–water partition coefficient (Wildman–Crippen LogP) is 4.08. The molecule has 0 fully saturated rings. The van der Waals surface area contributed by atoms with Crippen LogP contribution < -0.4 is 15.3 Å². The van der Waals surface area contributed by atoms with Crippen LogP contribution >= 0.6 is 0 Å². The van der Waals surface area contributed by atoms with Gasteiger partial charge in [-0.2, -0.15) is 4.68 Å². The van der Waals surface area contributed by atoms with E-state index in [1.54, 1.807) is 44.2 Å². The fourth-order valence-corrected chi connectivity index (χ4v) is 3.44. The molecule has 0 aliphatic carbocycles. The fraction of sp³-hybridized carbons (Fsp3) is 0.125. The van der Waals surface area contributed by atoms with E-state index in [4.69, 9.17) is 4.74 Å². The zero-order valence-electron chi connectivity index (χ0n) is 19.0. The summed E-state index contributed by atoms with van der Waals surface area (Å²) >= 11 is 0. The quantitative estimate of drug-likeness (QED) is 0.400. The van der Waals surface area contributed by atoms with Crippen LogP contribution in [0.5, 0.6) is 11.5 Å². The monoisotopic (exact) mass is 495 g/mol. The Balaban J connectivity index is 1.82. The van der Waals surface area contributed by atoms with Crippen LogP contribution in [0.3, 0.4) is 0 Å². The van der Waals surface area contributed by atoms with Crippen molar-refractivity contribution < 1.29 is 28.2 Å².